The molecule has 1 rings (SSSR count). The van der Waals surface area contributed by atoms with Gasteiger partial charge in [0.2, 0.25) is 0 Å². The number of aliphatic hydroxyl groups excluding tert-OH is 4. The molecule has 8 heteroatoms. The largest absolute Gasteiger partial charge is 0.477 e. The molecule has 0 amide bonds. The Balaban J connectivity index is 2.97. The summed E-state index contributed by atoms with van der Waals surface area (Å²) in [5.74, 6) is -4.95. The van der Waals surface area contributed by atoms with E-state index in [0.717, 1.165) is 0 Å². The van der Waals surface area contributed by atoms with Crippen LogP contribution in [0.15, 0.2) is 0 Å². The van der Waals surface area contributed by atoms with Crippen molar-refractivity contribution in [3.8, 4) is 0 Å². The molecule has 0 unspecified atom stereocenters. The molecule has 1 aliphatic rings. The first-order valence-electron chi connectivity index (χ1n) is 4.13. The molecule has 1 heterocycles. The zero-order chi connectivity index (χ0) is 11.8. The molecule has 0 aromatic rings. The van der Waals surface area contributed by atoms with Crippen molar-refractivity contribution >= 4 is 5.97 Å². The van der Waals surface area contributed by atoms with Crippen molar-refractivity contribution in [2.45, 2.75) is 30.2 Å². The predicted octanol–water partition coefficient (Wildman–Crippen LogP) is -3.77. The molecule has 0 aromatic heterocycles. The molecule has 88 valence electrons. The number of aliphatic hydroxyl groups is 5. The van der Waals surface area contributed by atoms with Gasteiger partial charge >= 0.3 is 5.97 Å². The topological polar surface area (TPSA) is 148 Å². The summed E-state index contributed by atoms with van der Waals surface area (Å²) in [5, 5.41) is 54.3. The first-order valence-corrected chi connectivity index (χ1v) is 4.13. The summed E-state index contributed by atoms with van der Waals surface area (Å²) in [6.45, 7) is -0.805. The van der Waals surface area contributed by atoms with Gasteiger partial charge in [-0.05, 0) is 0 Å². The van der Waals surface area contributed by atoms with Crippen molar-refractivity contribution in [3.05, 3.63) is 0 Å². The zero-order valence-electron chi connectivity index (χ0n) is 7.52. The highest BCUT2D eigenvalue weighted by atomic mass is 16.7. The van der Waals surface area contributed by atoms with E-state index in [0.29, 0.717) is 0 Å². The highest BCUT2D eigenvalue weighted by molar-refractivity contribution is 5.76. The van der Waals surface area contributed by atoms with Crippen molar-refractivity contribution in [2.75, 3.05) is 6.61 Å². The van der Waals surface area contributed by atoms with Gasteiger partial charge in [-0.2, -0.15) is 0 Å². The van der Waals surface area contributed by atoms with Crippen LogP contribution in [-0.2, 0) is 9.53 Å². The summed E-state index contributed by atoms with van der Waals surface area (Å²) in [6.07, 6.45) is -7.28. The number of carboxylic acids is 1. The smallest absolute Gasteiger partial charge is 0.367 e. The quantitative estimate of drug-likeness (QED) is 0.280. The maximum atomic E-state index is 10.6. The second kappa shape index (κ2) is 4.00. The van der Waals surface area contributed by atoms with Gasteiger partial charge in [0.15, 0.2) is 0 Å². The first-order chi connectivity index (χ1) is 6.84. The predicted molar refractivity (Wildman–Crippen MR) is 42.6 cm³/mol. The molecular weight excluding hydrogens is 212 g/mol. The van der Waals surface area contributed by atoms with Gasteiger partial charge in [0, 0.05) is 0 Å². The highest BCUT2D eigenvalue weighted by Gasteiger charge is 2.57. The summed E-state index contributed by atoms with van der Waals surface area (Å²) in [7, 11) is 0. The Hall–Kier alpha value is -0.770. The fraction of sp³-hybridized carbons (Fsp3) is 0.857. The molecule has 15 heavy (non-hydrogen) atoms. The lowest BCUT2D eigenvalue weighted by molar-refractivity contribution is -0.337. The SMILES string of the molecule is O=C(O)[C@]1(O)O[C@H](CO)[C@@H](O)[C@H](O)[C@@H]1O. The third kappa shape index (κ3) is 1.83. The first kappa shape index (κ1) is 12.3. The van der Waals surface area contributed by atoms with E-state index < -0.39 is 42.8 Å². The summed E-state index contributed by atoms with van der Waals surface area (Å²) >= 11 is 0. The number of ether oxygens (including phenoxy) is 1. The van der Waals surface area contributed by atoms with Crippen LogP contribution in [0.2, 0.25) is 0 Å². The second-order valence-electron chi connectivity index (χ2n) is 3.27. The number of rotatable bonds is 2. The molecule has 8 nitrogen and oxygen atoms in total. The van der Waals surface area contributed by atoms with Gasteiger partial charge in [-0.3, -0.25) is 0 Å². The van der Waals surface area contributed by atoms with Gasteiger partial charge in [0.25, 0.3) is 5.79 Å². The zero-order valence-corrected chi connectivity index (χ0v) is 7.52. The molecule has 0 saturated carbocycles. The molecule has 1 aliphatic heterocycles. The van der Waals surface area contributed by atoms with E-state index in [9.17, 15) is 25.2 Å². The standard InChI is InChI=1S/C7H12O8/c8-1-2-3(9)4(10)5(11)7(14,15-2)6(12)13/h2-5,8-11,14H,1H2,(H,12,13)/t2-,3-,4+,5+,7-/m1/s1. The second-order valence-corrected chi connectivity index (χ2v) is 3.27. The van der Waals surface area contributed by atoms with Crippen LogP contribution >= 0.6 is 0 Å². The van der Waals surface area contributed by atoms with E-state index in [4.69, 9.17) is 10.2 Å². The van der Waals surface area contributed by atoms with Crippen molar-refractivity contribution in [1.29, 1.82) is 0 Å². The van der Waals surface area contributed by atoms with Crippen molar-refractivity contribution < 1.29 is 40.2 Å². The monoisotopic (exact) mass is 224 g/mol. The van der Waals surface area contributed by atoms with E-state index in [-0.39, 0.29) is 0 Å². The summed E-state index contributed by atoms with van der Waals surface area (Å²) < 4.78 is 4.43. The van der Waals surface area contributed by atoms with Crippen molar-refractivity contribution in [1.82, 2.24) is 0 Å². The lowest BCUT2D eigenvalue weighted by Gasteiger charge is -2.42. The fourth-order valence-electron chi connectivity index (χ4n) is 1.33. The van der Waals surface area contributed by atoms with E-state index in [1.54, 1.807) is 0 Å². The van der Waals surface area contributed by atoms with Gasteiger partial charge < -0.3 is 35.4 Å². The fourth-order valence-corrected chi connectivity index (χ4v) is 1.33. The highest BCUT2D eigenvalue weighted by Crippen LogP contribution is 2.28. The lowest BCUT2D eigenvalue weighted by Crippen LogP contribution is -2.68. The van der Waals surface area contributed by atoms with E-state index >= 15 is 0 Å². The molecule has 0 spiro atoms. The number of carbonyl (C=O) groups is 1. The van der Waals surface area contributed by atoms with Crippen LogP contribution in [0.5, 0.6) is 0 Å². The summed E-state index contributed by atoms with van der Waals surface area (Å²) in [5.41, 5.74) is 0. The van der Waals surface area contributed by atoms with Crippen LogP contribution in [0.3, 0.4) is 0 Å². The van der Waals surface area contributed by atoms with Crippen LogP contribution < -0.4 is 0 Å². The van der Waals surface area contributed by atoms with Gasteiger partial charge in [-0.25, -0.2) is 4.79 Å². The minimum Gasteiger partial charge on any atom is -0.477 e. The normalized spacial score (nSPS) is 46.5. The molecule has 6 N–H and O–H groups in total. The van der Waals surface area contributed by atoms with Gasteiger partial charge in [0.05, 0.1) is 6.61 Å². The Bertz CT molecular complexity index is 253. The average Bonchev–Trinajstić information content (AvgIpc) is 2.20. The van der Waals surface area contributed by atoms with Gasteiger partial charge in [-0.15, -0.1) is 0 Å². The minimum absolute atomic E-state index is 0.805. The Morgan fingerprint density at radius 2 is 1.80 bits per heavy atom. The maximum absolute atomic E-state index is 10.6. The summed E-state index contributed by atoms with van der Waals surface area (Å²) in [4.78, 5) is 10.6. The molecule has 1 fully saturated rings. The maximum Gasteiger partial charge on any atom is 0.367 e. The third-order valence-corrected chi connectivity index (χ3v) is 2.27. The molecule has 0 bridgehead atoms. The number of hydrogen-bond donors (Lipinski definition) is 6. The van der Waals surface area contributed by atoms with Crippen LogP contribution in [-0.4, -0.2) is 73.4 Å². The molecule has 5 atom stereocenters. The van der Waals surface area contributed by atoms with Crippen molar-refractivity contribution in [3.63, 3.8) is 0 Å². The number of hydrogen-bond acceptors (Lipinski definition) is 7. The lowest BCUT2D eigenvalue weighted by atomic mass is 9.93. The Labute approximate surface area is 84.0 Å². The van der Waals surface area contributed by atoms with Crippen molar-refractivity contribution in [2.24, 2.45) is 0 Å². The van der Waals surface area contributed by atoms with E-state index in [1.807, 2.05) is 0 Å². The molecular formula is C7H12O8. The average molecular weight is 224 g/mol. The van der Waals surface area contributed by atoms with Crippen LogP contribution in [0, 0.1) is 0 Å². The number of aliphatic carboxylic acids is 1. The molecule has 1 saturated heterocycles. The van der Waals surface area contributed by atoms with Crippen LogP contribution in [0.25, 0.3) is 0 Å². The van der Waals surface area contributed by atoms with Crippen LogP contribution in [0.4, 0.5) is 0 Å². The minimum atomic E-state index is -3.04. The Kier molecular flexibility index (Phi) is 3.28. The third-order valence-electron chi connectivity index (χ3n) is 2.27. The van der Waals surface area contributed by atoms with Gasteiger partial charge in [-0.1, -0.05) is 0 Å². The van der Waals surface area contributed by atoms with E-state index in [1.165, 1.54) is 0 Å². The molecule has 0 radical (unpaired) electrons. The molecule has 0 aromatic carbocycles. The van der Waals surface area contributed by atoms with Crippen LogP contribution in [0.1, 0.15) is 0 Å². The molecule has 0 aliphatic carbocycles. The summed E-state index contributed by atoms with van der Waals surface area (Å²) in [6, 6.07) is 0. The van der Waals surface area contributed by atoms with Gasteiger partial charge in [0.1, 0.15) is 24.4 Å². The Morgan fingerprint density at radius 3 is 2.20 bits per heavy atom. The van der Waals surface area contributed by atoms with E-state index in [2.05, 4.69) is 4.74 Å². The Morgan fingerprint density at radius 1 is 1.27 bits per heavy atom. The number of carboxylic acid groups (broad SMARTS) is 1.